The molecule has 0 aromatic heterocycles. The lowest BCUT2D eigenvalue weighted by molar-refractivity contribution is -0.125. The normalized spacial score (nSPS) is 11.4. The van der Waals surface area contributed by atoms with Crippen molar-refractivity contribution < 1.29 is 9.18 Å². The van der Waals surface area contributed by atoms with Gasteiger partial charge in [-0.3, -0.25) is 4.79 Å². The second-order valence-electron chi connectivity index (χ2n) is 4.43. The molecule has 0 unspecified atom stereocenters. The zero-order chi connectivity index (χ0) is 13.5. The molecule has 1 rings (SSSR count). The Hall–Kier alpha value is -1.64. The van der Waals surface area contributed by atoms with Gasteiger partial charge in [-0.15, -0.1) is 0 Å². The third kappa shape index (κ3) is 3.99. The quantitative estimate of drug-likeness (QED) is 0.731. The standard InChI is InChI=1S/C15H20FNO/c1-4-5-10-17(3)15(18)12(2)11-13-8-6-7-9-14(13)16/h6-9,11H,4-5,10H2,1-3H3/b12-11+. The topological polar surface area (TPSA) is 20.3 Å². The summed E-state index contributed by atoms with van der Waals surface area (Å²) in [5.74, 6) is -0.354. The fourth-order valence-electron chi connectivity index (χ4n) is 1.69. The second-order valence-corrected chi connectivity index (χ2v) is 4.43. The van der Waals surface area contributed by atoms with E-state index in [0.717, 1.165) is 19.4 Å². The summed E-state index contributed by atoms with van der Waals surface area (Å²) in [6.45, 7) is 4.54. The van der Waals surface area contributed by atoms with Crippen LogP contribution in [-0.4, -0.2) is 24.4 Å². The molecule has 1 aromatic rings. The molecule has 0 saturated heterocycles. The molecule has 0 bridgehead atoms. The molecule has 0 heterocycles. The minimum absolute atomic E-state index is 0.0493. The molecule has 1 aromatic carbocycles. The first-order valence-electron chi connectivity index (χ1n) is 6.24. The van der Waals surface area contributed by atoms with Gasteiger partial charge in [0.05, 0.1) is 0 Å². The lowest BCUT2D eigenvalue weighted by Crippen LogP contribution is -2.28. The Bertz CT molecular complexity index is 440. The van der Waals surface area contributed by atoms with Crippen LogP contribution in [0.5, 0.6) is 0 Å². The van der Waals surface area contributed by atoms with Crippen molar-refractivity contribution in [2.75, 3.05) is 13.6 Å². The van der Waals surface area contributed by atoms with E-state index in [1.54, 1.807) is 43.1 Å². The fraction of sp³-hybridized carbons (Fsp3) is 0.400. The highest BCUT2D eigenvalue weighted by Crippen LogP contribution is 2.12. The maximum absolute atomic E-state index is 13.4. The Morgan fingerprint density at radius 1 is 1.39 bits per heavy atom. The van der Waals surface area contributed by atoms with E-state index in [-0.39, 0.29) is 11.7 Å². The molecule has 0 aliphatic carbocycles. The molecule has 98 valence electrons. The highest BCUT2D eigenvalue weighted by atomic mass is 19.1. The summed E-state index contributed by atoms with van der Waals surface area (Å²) in [6.07, 6.45) is 3.63. The summed E-state index contributed by atoms with van der Waals surface area (Å²) < 4.78 is 13.4. The molecular formula is C15H20FNO. The zero-order valence-electron chi connectivity index (χ0n) is 11.2. The molecule has 0 N–H and O–H groups in total. The summed E-state index contributed by atoms with van der Waals surface area (Å²) in [4.78, 5) is 13.7. The summed E-state index contributed by atoms with van der Waals surface area (Å²) >= 11 is 0. The fourth-order valence-corrected chi connectivity index (χ4v) is 1.69. The van der Waals surface area contributed by atoms with Crippen LogP contribution in [0.1, 0.15) is 32.3 Å². The van der Waals surface area contributed by atoms with Crippen LogP contribution >= 0.6 is 0 Å². The van der Waals surface area contributed by atoms with Crippen molar-refractivity contribution in [2.24, 2.45) is 0 Å². The Labute approximate surface area is 108 Å². The second kappa shape index (κ2) is 6.94. The summed E-state index contributed by atoms with van der Waals surface area (Å²) in [5.41, 5.74) is 1.01. The Balaban J connectivity index is 2.77. The van der Waals surface area contributed by atoms with Crippen molar-refractivity contribution >= 4 is 12.0 Å². The zero-order valence-corrected chi connectivity index (χ0v) is 11.2. The molecule has 2 nitrogen and oxygen atoms in total. The molecule has 1 amide bonds. The van der Waals surface area contributed by atoms with Crippen molar-refractivity contribution in [3.8, 4) is 0 Å². The summed E-state index contributed by atoms with van der Waals surface area (Å²) in [5, 5.41) is 0. The van der Waals surface area contributed by atoms with E-state index >= 15 is 0 Å². The minimum atomic E-state index is -0.305. The number of halogens is 1. The van der Waals surface area contributed by atoms with E-state index in [2.05, 4.69) is 6.92 Å². The number of amides is 1. The molecule has 0 spiro atoms. The molecule has 0 aliphatic heterocycles. The molecule has 0 atom stereocenters. The highest BCUT2D eigenvalue weighted by Gasteiger charge is 2.10. The molecule has 0 aliphatic rings. The Morgan fingerprint density at radius 2 is 2.06 bits per heavy atom. The van der Waals surface area contributed by atoms with Crippen LogP contribution in [0.2, 0.25) is 0 Å². The Morgan fingerprint density at radius 3 is 2.67 bits per heavy atom. The first-order chi connectivity index (χ1) is 8.56. The van der Waals surface area contributed by atoms with E-state index in [0.29, 0.717) is 11.1 Å². The van der Waals surface area contributed by atoms with E-state index < -0.39 is 0 Å². The summed E-state index contributed by atoms with van der Waals surface area (Å²) in [7, 11) is 1.77. The van der Waals surface area contributed by atoms with Gasteiger partial charge in [-0.25, -0.2) is 4.39 Å². The van der Waals surface area contributed by atoms with Crippen molar-refractivity contribution in [3.63, 3.8) is 0 Å². The molecular weight excluding hydrogens is 229 g/mol. The van der Waals surface area contributed by atoms with Gasteiger partial charge in [0.25, 0.3) is 0 Å². The number of rotatable bonds is 5. The molecule has 18 heavy (non-hydrogen) atoms. The third-order valence-electron chi connectivity index (χ3n) is 2.81. The van der Waals surface area contributed by atoms with E-state index in [1.807, 2.05) is 0 Å². The van der Waals surface area contributed by atoms with Crippen molar-refractivity contribution in [2.45, 2.75) is 26.7 Å². The predicted molar refractivity (Wildman–Crippen MR) is 72.6 cm³/mol. The predicted octanol–water partition coefficient (Wildman–Crippen LogP) is 3.49. The smallest absolute Gasteiger partial charge is 0.249 e. The van der Waals surface area contributed by atoms with Crippen LogP contribution in [0.3, 0.4) is 0 Å². The van der Waals surface area contributed by atoms with Gasteiger partial charge < -0.3 is 4.90 Å². The maximum Gasteiger partial charge on any atom is 0.249 e. The largest absolute Gasteiger partial charge is 0.342 e. The minimum Gasteiger partial charge on any atom is -0.342 e. The van der Waals surface area contributed by atoms with E-state index in [1.165, 1.54) is 6.07 Å². The maximum atomic E-state index is 13.4. The van der Waals surface area contributed by atoms with E-state index in [4.69, 9.17) is 0 Å². The lowest BCUT2D eigenvalue weighted by Gasteiger charge is -2.17. The van der Waals surface area contributed by atoms with Gasteiger partial charge in [0.15, 0.2) is 0 Å². The molecule has 3 heteroatoms. The molecule has 0 radical (unpaired) electrons. The number of hydrogen-bond acceptors (Lipinski definition) is 1. The number of carbonyl (C=O) groups excluding carboxylic acids is 1. The van der Waals surface area contributed by atoms with Gasteiger partial charge in [-0.05, 0) is 25.5 Å². The molecule has 0 fully saturated rings. The monoisotopic (exact) mass is 249 g/mol. The number of benzene rings is 1. The van der Waals surface area contributed by atoms with Gasteiger partial charge in [0.1, 0.15) is 5.82 Å². The van der Waals surface area contributed by atoms with Crippen LogP contribution in [0.4, 0.5) is 4.39 Å². The third-order valence-corrected chi connectivity index (χ3v) is 2.81. The number of unbranched alkanes of at least 4 members (excludes halogenated alkanes) is 1. The number of carbonyl (C=O) groups is 1. The van der Waals surface area contributed by atoms with Crippen molar-refractivity contribution in [1.82, 2.24) is 4.90 Å². The van der Waals surface area contributed by atoms with Crippen LogP contribution in [0.25, 0.3) is 6.08 Å². The Kier molecular flexibility index (Phi) is 5.56. The lowest BCUT2D eigenvalue weighted by atomic mass is 10.1. The number of hydrogen-bond donors (Lipinski definition) is 0. The first kappa shape index (κ1) is 14.4. The van der Waals surface area contributed by atoms with Crippen LogP contribution in [0.15, 0.2) is 29.8 Å². The van der Waals surface area contributed by atoms with Gasteiger partial charge in [0.2, 0.25) is 5.91 Å². The van der Waals surface area contributed by atoms with Gasteiger partial charge >= 0.3 is 0 Å². The van der Waals surface area contributed by atoms with Gasteiger partial charge in [0, 0.05) is 24.7 Å². The van der Waals surface area contributed by atoms with Gasteiger partial charge in [-0.2, -0.15) is 0 Å². The van der Waals surface area contributed by atoms with Crippen LogP contribution < -0.4 is 0 Å². The number of nitrogens with zero attached hydrogens (tertiary/aromatic N) is 1. The van der Waals surface area contributed by atoms with Crippen LogP contribution in [0, 0.1) is 5.82 Å². The summed E-state index contributed by atoms with van der Waals surface area (Å²) in [6, 6.07) is 6.45. The number of likely N-dealkylation sites (N-methyl/N-ethyl adjacent to an activating group) is 1. The molecule has 0 saturated carbocycles. The van der Waals surface area contributed by atoms with E-state index in [9.17, 15) is 9.18 Å². The van der Waals surface area contributed by atoms with Crippen molar-refractivity contribution in [1.29, 1.82) is 0 Å². The van der Waals surface area contributed by atoms with Crippen molar-refractivity contribution in [3.05, 3.63) is 41.2 Å². The first-order valence-corrected chi connectivity index (χ1v) is 6.24. The highest BCUT2D eigenvalue weighted by molar-refractivity contribution is 5.97. The van der Waals surface area contributed by atoms with Crippen LogP contribution in [-0.2, 0) is 4.79 Å². The average molecular weight is 249 g/mol. The van der Waals surface area contributed by atoms with Gasteiger partial charge in [-0.1, -0.05) is 31.5 Å². The SMILES string of the molecule is CCCCN(C)C(=O)/C(C)=C/c1ccccc1F. The average Bonchev–Trinajstić information content (AvgIpc) is 2.37.